The van der Waals surface area contributed by atoms with E-state index in [2.05, 4.69) is 43.9 Å². The Labute approximate surface area is 178 Å². The monoisotopic (exact) mass is 407 g/mol. The molecule has 4 bridgehead atoms. The molecule has 1 amide bonds. The average Bonchev–Trinajstić information content (AvgIpc) is 3.42. The summed E-state index contributed by atoms with van der Waals surface area (Å²) in [5.74, 6) is 0.798. The van der Waals surface area contributed by atoms with Gasteiger partial charge in [0, 0.05) is 24.5 Å². The summed E-state index contributed by atoms with van der Waals surface area (Å²) in [5, 5.41) is 17.2. The highest BCUT2D eigenvalue weighted by Gasteiger charge is 2.60. The maximum Gasteiger partial charge on any atom is 0.234 e. The fraction of sp³-hybridized carbons (Fsp3) is 0.680. The number of hydrogen-bond donors (Lipinski definition) is 1. The van der Waals surface area contributed by atoms with Gasteiger partial charge in [-0.15, -0.1) is 0 Å². The van der Waals surface area contributed by atoms with Crippen LogP contribution in [0, 0.1) is 5.41 Å². The van der Waals surface area contributed by atoms with Crippen LogP contribution in [-0.4, -0.2) is 43.4 Å². The quantitative estimate of drug-likeness (QED) is 0.836. The third-order valence-electron chi connectivity index (χ3n) is 8.52. The normalized spacial score (nSPS) is 35.4. The number of piperidine rings is 2. The van der Waals surface area contributed by atoms with E-state index in [1.54, 1.807) is 0 Å². The number of aromatic nitrogens is 2. The second kappa shape index (κ2) is 5.67. The van der Waals surface area contributed by atoms with E-state index in [4.69, 9.17) is 5.10 Å². The molecule has 0 radical (unpaired) electrons. The van der Waals surface area contributed by atoms with Crippen LogP contribution in [0.15, 0.2) is 18.2 Å². The van der Waals surface area contributed by atoms with Crippen molar-refractivity contribution < 1.29 is 9.90 Å². The number of carbonyl (C=O) groups is 1. The summed E-state index contributed by atoms with van der Waals surface area (Å²) in [6.45, 7) is 6.42. The van der Waals surface area contributed by atoms with Crippen LogP contribution in [0.4, 0.5) is 0 Å². The Kier molecular flexibility index (Phi) is 3.56. The van der Waals surface area contributed by atoms with E-state index in [0.717, 1.165) is 43.3 Å². The Morgan fingerprint density at radius 2 is 1.83 bits per heavy atom. The van der Waals surface area contributed by atoms with E-state index in [1.165, 1.54) is 23.8 Å². The summed E-state index contributed by atoms with van der Waals surface area (Å²) in [6.07, 6.45) is 6.86. The van der Waals surface area contributed by atoms with E-state index in [-0.39, 0.29) is 23.4 Å². The molecule has 1 aromatic heterocycles. The predicted octanol–water partition coefficient (Wildman–Crippen LogP) is 4.02. The van der Waals surface area contributed by atoms with Crippen LogP contribution in [0.5, 0.6) is 0 Å². The molecular formula is C25H33N3O2. The number of carbonyl (C=O) groups excluding carboxylic acids is 1. The van der Waals surface area contributed by atoms with Gasteiger partial charge in [-0.3, -0.25) is 9.48 Å². The van der Waals surface area contributed by atoms with Crippen LogP contribution in [0.25, 0.3) is 10.9 Å². The zero-order chi connectivity index (χ0) is 21.1. The molecule has 160 valence electrons. The lowest BCUT2D eigenvalue weighted by molar-refractivity contribution is -0.196. The molecule has 2 saturated heterocycles. The lowest BCUT2D eigenvalue weighted by atomic mass is 9.54. The lowest BCUT2D eigenvalue weighted by Gasteiger charge is -2.64. The minimum Gasteiger partial charge on any atom is -0.390 e. The molecule has 3 aliphatic carbocycles. The smallest absolute Gasteiger partial charge is 0.234 e. The molecule has 0 spiro atoms. The first-order chi connectivity index (χ1) is 14.1. The average molecular weight is 408 g/mol. The standard InChI is InChI=1S/C25H33N3O2/c1-23(2,21-20-18(15-8-9-15)6-5-7-19(20)27(4)26-21)22(29)28-16-10-24(3)11-17(28)13-25(30,12-16)14-24/h5-7,15-17,30H,8-14H2,1-4H3. The lowest BCUT2D eigenvalue weighted by Crippen LogP contribution is -2.69. The fourth-order valence-corrected chi connectivity index (χ4v) is 7.37. The largest absolute Gasteiger partial charge is 0.390 e. The van der Waals surface area contributed by atoms with Crippen LogP contribution in [-0.2, 0) is 17.3 Å². The van der Waals surface area contributed by atoms with Crippen molar-refractivity contribution in [2.45, 2.75) is 94.7 Å². The van der Waals surface area contributed by atoms with E-state index >= 15 is 0 Å². The van der Waals surface area contributed by atoms with Crippen LogP contribution >= 0.6 is 0 Å². The molecule has 30 heavy (non-hydrogen) atoms. The number of amides is 1. The topological polar surface area (TPSA) is 58.4 Å². The minimum atomic E-state index is -0.691. The molecular weight excluding hydrogens is 374 g/mol. The Morgan fingerprint density at radius 3 is 2.43 bits per heavy atom. The van der Waals surface area contributed by atoms with Gasteiger partial charge in [-0.2, -0.15) is 5.10 Å². The van der Waals surface area contributed by atoms with Crippen molar-refractivity contribution in [2.75, 3.05) is 0 Å². The van der Waals surface area contributed by atoms with Crippen molar-refractivity contribution in [3.05, 3.63) is 29.5 Å². The Balaban J connectivity index is 1.42. The number of benzene rings is 1. The zero-order valence-corrected chi connectivity index (χ0v) is 18.6. The summed E-state index contributed by atoms with van der Waals surface area (Å²) in [6, 6.07) is 6.79. The molecule has 2 aromatic rings. The highest BCUT2D eigenvalue weighted by Crippen LogP contribution is 2.58. The molecule has 2 aliphatic heterocycles. The van der Waals surface area contributed by atoms with Gasteiger partial charge in [0.1, 0.15) is 0 Å². The summed E-state index contributed by atoms with van der Waals surface area (Å²) < 4.78 is 1.95. The van der Waals surface area contributed by atoms with Crippen molar-refractivity contribution in [1.82, 2.24) is 14.7 Å². The Morgan fingerprint density at radius 1 is 1.17 bits per heavy atom. The second-order valence-corrected chi connectivity index (χ2v) is 11.7. The second-order valence-electron chi connectivity index (χ2n) is 11.7. The first-order valence-corrected chi connectivity index (χ1v) is 11.6. The van der Waals surface area contributed by atoms with Gasteiger partial charge < -0.3 is 10.0 Å². The zero-order valence-electron chi connectivity index (χ0n) is 18.6. The molecule has 3 heterocycles. The van der Waals surface area contributed by atoms with E-state index in [9.17, 15) is 9.90 Å². The predicted molar refractivity (Wildman–Crippen MR) is 116 cm³/mol. The maximum atomic E-state index is 14.1. The number of rotatable bonds is 3. The molecule has 3 saturated carbocycles. The molecule has 5 aliphatic rings. The number of aryl methyl sites for hydroxylation is 1. The number of hydrogen-bond acceptors (Lipinski definition) is 3. The van der Waals surface area contributed by atoms with Crippen molar-refractivity contribution in [3.63, 3.8) is 0 Å². The first kappa shape index (κ1) is 18.9. The van der Waals surface area contributed by atoms with Gasteiger partial charge in [0.05, 0.1) is 22.2 Å². The SMILES string of the molecule is Cn1nc(C(C)(C)C(=O)N2C3CC4(C)CC2CC(O)(C3)C4)c2c(C3CC3)cccc21. The minimum absolute atomic E-state index is 0.158. The third kappa shape index (κ3) is 2.50. The van der Waals surface area contributed by atoms with E-state index < -0.39 is 11.0 Å². The van der Waals surface area contributed by atoms with Crippen molar-refractivity contribution in [1.29, 1.82) is 0 Å². The molecule has 1 aromatic carbocycles. The number of nitrogens with zero attached hydrogens (tertiary/aromatic N) is 3. The maximum absolute atomic E-state index is 14.1. The van der Waals surface area contributed by atoms with Gasteiger partial charge in [-0.05, 0) is 81.8 Å². The molecule has 5 heteroatoms. The number of aliphatic hydroxyl groups is 1. The van der Waals surface area contributed by atoms with Crippen LogP contribution in [0.2, 0.25) is 0 Å². The van der Waals surface area contributed by atoms with Gasteiger partial charge >= 0.3 is 0 Å². The van der Waals surface area contributed by atoms with Gasteiger partial charge in [0.15, 0.2) is 0 Å². The van der Waals surface area contributed by atoms with Crippen LogP contribution in [0.3, 0.4) is 0 Å². The highest BCUT2D eigenvalue weighted by molar-refractivity contribution is 5.95. The van der Waals surface area contributed by atoms with Crippen molar-refractivity contribution >= 4 is 16.8 Å². The van der Waals surface area contributed by atoms with Crippen LogP contribution in [0.1, 0.15) is 82.9 Å². The fourth-order valence-electron chi connectivity index (χ4n) is 7.37. The summed E-state index contributed by atoms with van der Waals surface area (Å²) >= 11 is 0. The third-order valence-corrected chi connectivity index (χ3v) is 8.52. The number of fused-ring (bicyclic) bond motifs is 1. The molecule has 7 rings (SSSR count). The Bertz CT molecular complexity index is 1030. The molecule has 2 atom stereocenters. The Hall–Kier alpha value is -1.88. The van der Waals surface area contributed by atoms with Gasteiger partial charge in [0.2, 0.25) is 5.91 Å². The summed E-state index contributed by atoms with van der Waals surface area (Å²) in [7, 11) is 1.99. The first-order valence-electron chi connectivity index (χ1n) is 11.6. The summed E-state index contributed by atoms with van der Waals surface area (Å²) in [4.78, 5) is 16.3. The van der Waals surface area contributed by atoms with E-state index in [1.807, 2.05) is 11.7 Å². The van der Waals surface area contributed by atoms with E-state index in [0.29, 0.717) is 5.92 Å². The molecule has 1 N–H and O–H groups in total. The van der Waals surface area contributed by atoms with Gasteiger partial charge in [0.25, 0.3) is 0 Å². The summed E-state index contributed by atoms with van der Waals surface area (Å²) in [5.41, 5.74) is 2.32. The molecule has 5 nitrogen and oxygen atoms in total. The van der Waals surface area contributed by atoms with Crippen molar-refractivity contribution in [3.8, 4) is 0 Å². The van der Waals surface area contributed by atoms with Gasteiger partial charge in [-0.1, -0.05) is 19.1 Å². The van der Waals surface area contributed by atoms with Crippen molar-refractivity contribution in [2.24, 2.45) is 12.5 Å². The van der Waals surface area contributed by atoms with Crippen LogP contribution < -0.4 is 0 Å². The molecule has 5 fully saturated rings. The highest BCUT2D eigenvalue weighted by atomic mass is 16.3. The van der Waals surface area contributed by atoms with Gasteiger partial charge in [-0.25, -0.2) is 0 Å². The molecule has 2 unspecified atom stereocenters.